The van der Waals surface area contributed by atoms with Gasteiger partial charge in [0.2, 0.25) is 0 Å². The van der Waals surface area contributed by atoms with Crippen molar-refractivity contribution in [2.45, 2.75) is 47.0 Å². The fourth-order valence-corrected chi connectivity index (χ4v) is 3.93. The molecule has 2 aromatic rings. The number of allylic oxidation sites excluding steroid dienone is 4. The van der Waals surface area contributed by atoms with Crippen LogP contribution in [-0.2, 0) is 0 Å². The van der Waals surface area contributed by atoms with Crippen molar-refractivity contribution in [1.82, 2.24) is 5.32 Å². The molecule has 0 atom stereocenters. The summed E-state index contributed by atoms with van der Waals surface area (Å²) in [4.78, 5) is 13.7. The molecule has 3 N–H and O–H groups in total. The molecule has 0 radical (unpaired) electrons. The van der Waals surface area contributed by atoms with Crippen LogP contribution in [0.2, 0.25) is 0 Å². The van der Waals surface area contributed by atoms with Gasteiger partial charge < -0.3 is 11.1 Å². The SMILES string of the molecule is CC/C=C(/C=C\C(C)=NC)CN=C(N/C=C/CCC)c1cc(-c2ccc(F)cc2)cc(C(C=CN)=NC)c1C. The summed E-state index contributed by atoms with van der Waals surface area (Å²) in [5, 5.41) is 3.44. The zero-order valence-corrected chi connectivity index (χ0v) is 24.1. The molecule has 0 aromatic heterocycles. The Morgan fingerprint density at radius 3 is 2.31 bits per heavy atom. The third kappa shape index (κ3) is 9.64. The van der Waals surface area contributed by atoms with Crippen LogP contribution >= 0.6 is 0 Å². The van der Waals surface area contributed by atoms with E-state index < -0.39 is 0 Å². The molecule has 2 rings (SSSR count). The summed E-state index contributed by atoms with van der Waals surface area (Å²) in [6, 6.07) is 10.7. The van der Waals surface area contributed by atoms with Crippen molar-refractivity contribution in [3.05, 3.63) is 107 Å². The Kier molecular flexibility index (Phi) is 13.4. The van der Waals surface area contributed by atoms with Crippen molar-refractivity contribution < 1.29 is 4.39 Å². The van der Waals surface area contributed by atoms with Crippen molar-refractivity contribution in [2.24, 2.45) is 20.7 Å². The molecule has 0 fully saturated rings. The number of rotatable bonds is 12. The summed E-state index contributed by atoms with van der Waals surface area (Å²) >= 11 is 0. The Balaban J connectivity index is 2.74. The maximum Gasteiger partial charge on any atom is 0.132 e. The maximum absolute atomic E-state index is 13.7. The summed E-state index contributed by atoms with van der Waals surface area (Å²) in [6.07, 6.45) is 16.5. The Morgan fingerprint density at radius 1 is 0.974 bits per heavy atom. The lowest BCUT2D eigenvalue weighted by molar-refractivity contribution is 0.628. The second-order valence-corrected chi connectivity index (χ2v) is 9.06. The van der Waals surface area contributed by atoms with E-state index in [2.05, 4.69) is 66.4 Å². The van der Waals surface area contributed by atoms with Gasteiger partial charge in [0.05, 0.1) is 12.3 Å². The topological polar surface area (TPSA) is 75.1 Å². The van der Waals surface area contributed by atoms with E-state index in [1.165, 1.54) is 18.3 Å². The van der Waals surface area contributed by atoms with E-state index in [0.29, 0.717) is 6.54 Å². The van der Waals surface area contributed by atoms with E-state index in [1.807, 2.05) is 19.2 Å². The molecule has 0 spiro atoms. The second kappa shape index (κ2) is 16.7. The standard InChI is InChI=1S/C33H42FN5/c1-7-9-10-20-38-33(39-23-26(11-8-2)13-12-24(3)36-5)31-22-28(27-14-16-29(34)17-15-27)21-30(25(31)4)32(37-6)18-19-35/h10-22H,7-9,23,35H2,1-6H3,(H,38,39)/b13-12-,19-18?,20-10+,26-11-,36-24?,37-32?. The molecule has 39 heavy (non-hydrogen) atoms. The van der Waals surface area contributed by atoms with Gasteiger partial charge in [-0.3, -0.25) is 15.0 Å². The highest BCUT2D eigenvalue weighted by Gasteiger charge is 2.16. The highest BCUT2D eigenvalue weighted by Crippen LogP contribution is 2.27. The van der Waals surface area contributed by atoms with Crippen molar-refractivity contribution in [1.29, 1.82) is 0 Å². The highest BCUT2D eigenvalue weighted by atomic mass is 19.1. The van der Waals surface area contributed by atoms with Crippen LogP contribution in [0.3, 0.4) is 0 Å². The number of hydrogen-bond acceptors (Lipinski definition) is 4. The normalized spacial score (nSPS) is 13.8. The van der Waals surface area contributed by atoms with Crippen LogP contribution in [0.4, 0.5) is 4.39 Å². The quantitative estimate of drug-likeness (QED) is 0.172. The van der Waals surface area contributed by atoms with Gasteiger partial charge in [-0.2, -0.15) is 0 Å². The van der Waals surface area contributed by atoms with Crippen molar-refractivity contribution in [3.8, 4) is 11.1 Å². The molecule has 0 aliphatic rings. The molecule has 5 nitrogen and oxygen atoms in total. The first-order valence-corrected chi connectivity index (χ1v) is 13.4. The van der Waals surface area contributed by atoms with Crippen LogP contribution < -0.4 is 11.1 Å². The average molecular weight is 528 g/mol. The highest BCUT2D eigenvalue weighted by molar-refractivity contribution is 6.13. The molecular formula is C33H42FN5. The molecule has 0 saturated heterocycles. The van der Waals surface area contributed by atoms with E-state index in [-0.39, 0.29) is 5.82 Å². The van der Waals surface area contributed by atoms with Gasteiger partial charge in [-0.15, -0.1) is 0 Å². The lowest BCUT2D eigenvalue weighted by Gasteiger charge is -2.17. The Morgan fingerprint density at radius 2 is 1.69 bits per heavy atom. The number of benzene rings is 2. The predicted octanol–water partition coefficient (Wildman–Crippen LogP) is 7.33. The van der Waals surface area contributed by atoms with Crippen LogP contribution in [0, 0.1) is 12.7 Å². The monoisotopic (exact) mass is 527 g/mol. The number of unbranched alkanes of at least 4 members (excludes halogenated alkanes) is 1. The van der Waals surface area contributed by atoms with Crippen LogP contribution in [0.1, 0.15) is 56.7 Å². The minimum absolute atomic E-state index is 0.273. The number of nitrogens with two attached hydrogens (primary N) is 1. The van der Waals surface area contributed by atoms with Gasteiger partial charge in [-0.25, -0.2) is 4.39 Å². The molecule has 0 amide bonds. The summed E-state index contributed by atoms with van der Waals surface area (Å²) in [7, 11) is 3.53. The number of halogens is 1. The molecule has 0 aliphatic heterocycles. The first kappa shape index (κ1) is 31.2. The molecule has 6 heteroatoms. The largest absolute Gasteiger partial charge is 0.405 e. The second-order valence-electron chi connectivity index (χ2n) is 9.06. The summed E-state index contributed by atoms with van der Waals surface area (Å²) < 4.78 is 13.7. The molecule has 0 unspecified atom stereocenters. The molecule has 0 heterocycles. The summed E-state index contributed by atoms with van der Waals surface area (Å²) in [5.41, 5.74) is 13.3. The van der Waals surface area contributed by atoms with Crippen molar-refractivity contribution in [3.63, 3.8) is 0 Å². The minimum Gasteiger partial charge on any atom is -0.405 e. The Labute approximate surface area is 233 Å². The van der Waals surface area contributed by atoms with Crippen LogP contribution in [0.15, 0.2) is 99.7 Å². The fourth-order valence-electron chi connectivity index (χ4n) is 3.93. The van der Waals surface area contributed by atoms with Crippen LogP contribution in [0.25, 0.3) is 11.1 Å². The zero-order chi connectivity index (χ0) is 28.6. The van der Waals surface area contributed by atoms with E-state index in [1.54, 1.807) is 32.3 Å². The van der Waals surface area contributed by atoms with Gasteiger partial charge in [0, 0.05) is 30.9 Å². The minimum atomic E-state index is -0.273. The van der Waals surface area contributed by atoms with Gasteiger partial charge in [-0.1, -0.05) is 50.6 Å². The zero-order valence-electron chi connectivity index (χ0n) is 24.1. The molecule has 0 bridgehead atoms. The lowest BCUT2D eigenvalue weighted by atomic mass is 9.92. The van der Waals surface area contributed by atoms with Gasteiger partial charge in [0.25, 0.3) is 0 Å². The predicted molar refractivity (Wildman–Crippen MR) is 167 cm³/mol. The fraction of sp³-hybridized carbons (Fsp3) is 0.303. The smallest absolute Gasteiger partial charge is 0.132 e. The van der Waals surface area contributed by atoms with Gasteiger partial charge in [0.15, 0.2) is 0 Å². The Bertz CT molecular complexity index is 1290. The van der Waals surface area contributed by atoms with Gasteiger partial charge in [0.1, 0.15) is 11.7 Å². The number of aliphatic imine (C=N–C) groups is 3. The average Bonchev–Trinajstić information content (AvgIpc) is 2.94. The summed E-state index contributed by atoms with van der Waals surface area (Å²) in [6.45, 7) is 8.80. The molecular weight excluding hydrogens is 485 g/mol. The maximum atomic E-state index is 13.7. The molecule has 2 aromatic carbocycles. The number of nitrogens with one attached hydrogen (secondary N) is 1. The van der Waals surface area contributed by atoms with E-state index in [4.69, 9.17) is 10.7 Å². The molecule has 0 saturated carbocycles. The van der Waals surface area contributed by atoms with E-state index >= 15 is 0 Å². The van der Waals surface area contributed by atoms with Crippen LogP contribution in [0.5, 0.6) is 0 Å². The lowest BCUT2D eigenvalue weighted by Crippen LogP contribution is -2.22. The summed E-state index contributed by atoms with van der Waals surface area (Å²) in [5.74, 6) is 0.471. The van der Waals surface area contributed by atoms with Gasteiger partial charge in [-0.05, 0) is 97.8 Å². The third-order valence-corrected chi connectivity index (χ3v) is 6.18. The number of amidine groups is 1. The van der Waals surface area contributed by atoms with Crippen LogP contribution in [-0.4, -0.2) is 37.9 Å². The number of nitrogens with zero attached hydrogens (tertiary/aromatic N) is 3. The molecule has 206 valence electrons. The molecule has 0 aliphatic carbocycles. The number of hydrogen-bond donors (Lipinski definition) is 2. The van der Waals surface area contributed by atoms with Crippen molar-refractivity contribution >= 4 is 17.3 Å². The Hall–Kier alpha value is -4.06. The third-order valence-electron chi connectivity index (χ3n) is 6.18. The van der Waals surface area contributed by atoms with Crippen molar-refractivity contribution in [2.75, 3.05) is 20.6 Å². The van der Waals surface area contributed by atoms with Gasteiger partial charge >= 0.3 is 0 Å². The van der Waals surface area contributed by atoms with E-state index in [0.717, 1.165) is 69.9 Å². The first-order valence-electron chi connectivity index (χ1n) is 13.4. The first-order chi connectivity index (χ1) is 18.9. The van der Waals surface area contributed by atoms with E-state index in [9.17, 15) is 4.39 Å².